The van der Waals surface area contributed by atoms with Gasteiger partial charge in [0.25, 0.3) is 0 Å². The molecule has 6 nitrogen and oxygen atoms in total. The van der Waals surface area contributed by atoms with E-state index >= 15 is 0 Å². The molecule has 2 rings (SSSR count). The van der Waals surface area contributed by atoms with Crippen molar-refractivity contribution in [1.82, 2.24) is 14.7 Å². The maximum atomic E-state index is 12.2. The summed E-state index contributed by atoms with van der Waals surface area (Å²) in [7, 11) is 1.91. The lowest BCUT2D eigenvalue weighted by Crippen LogP contribution is -2.29. The molecule has 0 atom stereocenters. The van der Waals surface area contributed by atoms with Crippen molar-refractivity contribution >= 4 is 11.6 Å². The Morgan fingerprint density at radius 2 is 2.13 bits per heavy atom. The van der Waals surface area contributed by atoms with E-state index in [1.165, 1.54) is 0 Å². The summed E-state index contributed by atoms with van der Waals surface area (Å²) in [5.41, 5.74) is 1.79. The summed E-state index contributed by atoms with van der Waals surface area (Å²) in [4.78, 5) is 14.2. The first-order valence-electron chi connectivity index (χ1n) is 7.84. The normalized spacial score (nSPS) is 10.8. The molecule has 6 heteroatoms. The summed E-state index contributed by atoms with van der Waals surface area (Å²) in [5.74, 6) is 0.623. The highest BCUT2D eigenvalue weighted by Crippen LogP contribution is 2.23. The van der Waals surface area contributed by atoms with Gasteiger partial charge in [-0.15, -0.1) is 0 Å². The van der Waals surface area contributed by atoms with Gasteiger partial charge in [0.2, 0.25) is 5.91 Å². The molecule has 0 aliphatic heterocycles. The largest absolute Gasteiger partial charge is 0.492 e. The van der Waals surface area contributed by atoms with Crippen molar-refractivity contribution in [1.29, 1.82) is 0 Å². The summed E-state index contributed by atoms with van der Waals surface area (Å²) in [6, 6.07) is 7.45. The summed E-state index contributed by atoms with van der Waals surface area (Å²) >= 11 is 0. The second-order valence-corrected chi connectivity index (χ2v) is 5.35. The van der Waals surface area contributed by atoms with Crippen LogP contribution in [0.2, 0.25) is 0 Å². The highest BCUT2D eigenvalue weighted by molar-refractivity contribution is 5.93. The SMILES string of the molecule is CCOc1ccccc1NC(=O)CN(C)Cc1cnn(CC)c1. The zero-order chi connectivity index (χ0) is 16.7. The Bertz CT molecular complexity index is 639. The van der Waals surface area contributed by atoms with Gasteiger partial charge in [-0.2, -0.15) is 5.10 Å². The van der Waals surface area contributed by atoms with E-state index in [9.17, 15) is 4.79 Å². The molecule has 2 aromatic rings. The Balaban J connectivity index is 1.89. The summed E-state index contributed by atoms with van der Waals surface area (Å²) in [6.07, 6.45) is 3.83. The number of likely N-dealkylation sites (N-methyl/N-ethyl adjacent to an activating group) is 1. The molecule has 0 fully saturated rings. The zero-order valence-electron chi connectivity index (χ0n) is 14.0. The van der Waals surface area contributed by atoms with Crippen LogP contribution in [0.1, 0.15) is 19.4 Å². The Kier molecular flexibility index (Phi) is 6.17. The van der Waals surface area contributed by atoms with Crippen molar-refractivity contribution in [2.24, 2.45) is 0 Å². The van der Waals surface area contributed by atoms with Crippen LogP contribution in [0.25, 0.3) is 0 Å². The van der Waals surface area contributed by atoms with Crippen LogP contribution in [0.4, 0.5) is 5.69 Å². The van der Waals surface area contributed by atoms with E-state index in [0.29, 0.717) is 31.1 Å². The van der Waals surface area contributed by atoms with Crippen molar-refractivity contribution in [3.8, 4) is 5.75 Å². The van der Waals surface area contributed by atoms with Crippen LogP contribution in [0.15, 0.2) is 36.7 Å². The van der Waals surface area contributed by atoms with Crippen LogP contribution >= 0.6 is 0 Å². The van der Waals surface area contributed by atoms with E-state index in [1.807, 2.05) is 67.1 Å². The minimum absolute atomic E-state index is 0.0671. The van der Waals surface area contributed by atoms with Gasteiger partial charge in [0, 0.05) is 24.8 Å². The van der Waals surface area contributed by atoms with Crippen molar-refractivity contribution in [2.75, 3.05) is 25.5 Å². The predicted molar refractivity (Wildman–Crippen MR) is 90.5 cm³/mol. The van der Waals surface area contributed by atoms with Gasteiger partial charge in [0.05, 0.1) is 25.0 Å². The van der Waals surface area contributed by atoms with E-state index in [0.717, 1.165) is 12.1 Å². The number of aromatic nitrogens is 2. The van der Waals surface area contributed by atoms with Gasteiger partial charge in [0.15, 0.2) is 0 Å². The Labute approximate surface area is 137 Å². The van der Waals surface area contributed by atoms with Crippen LogP contribution in [0, 0.1) is 0 Å². The average molecular weight is 316 g/mol. The van der Waals surface area contributed by atoms with Crippen LogP contribution in [0.5, 0.6) is 5.75 Å². The van der Waals surface area contributed by atoms with Crippen molar-refractivity contribution in [3.63, 3.8) is 0 Å². The number of carbonyl (C=O) groups is 1. The fraction of sp³-hybridized carbons (Fsp3) is 0.412. The zero-order valence-corrected chi connectivity index (χ0v) is 14.0. The third kappa shape index (κ3) is 5.10. The molecule has 0 aliphatic carbocycles. The second-order valence-electron chi connectivity index (χ2n) is 5.35. The number of ether oxygens (including phenoxy) is 1. The molecule has 0 radical (unpaired) electrons. The van der Waals surface area contributed by atoms with E-state index < -0.39 is 0 Å². The molecule has 0 bridgehead atoms. The maximum Gasteiger partial charge on any atom is 0.238 e. The average Bonchev–Trinajstić information content (AvgIpc) is 2.96. The number of nitrogens with zero attached hydrogens (tertiary/aromatic N) is 3. The molecular formula is C17H24N4O2. The first-order chi connectivity index (χ1) is 11.1. The monoisotopic (exact) mass is 316 g/mol. The molecule has 124 valence electrons. The molecule has 0 saturated heterocycles. The number of para-hydroxylation sites is 2. The van der Waals surface area contributed by atoms with E-state index in [4.69, 9.17) is 4.74 Å². The third-order valence-electron chi connectivity index (χ3n) is 3.34. The van der Waals surface area contributed by atoms with Gasteiger partial charge in [-0.3, -0.25) is 14.4 Å². The van der Waals surface area contributed by atoms with E-state index in [1.54, 1.807) is 0 Å². The third-order valence-corrected chi connectivity index (χ3v) is 3.34. The van der Waals surface area contributed by atoms with E-state index in [-0.39, 0.29) is 5.91 Å². The molecule has 1 aromatic heterocycles. The number of nitrogens with one attached hydrogen (secondary N) is 1. The first-order valence-corrected chi connectivity index (χ1v) is 7.84. The van der Waals surface area contributed by atoms with Crippen molar-refractivity contribution in [3.05, 3.63) is 42.2 Å². The van der Waals surface area contributed by atoms with Gasteiger partial charge >= 0.3 is 0 Å². The molecule has 0 saturated carbocycles. The number of amides is 1. The number of benzene rings is 1. The lowest BCUT2D eigenvalue weighted by Gasteiger charge is -2.16. The van der Waals surface area contributed by atoms with Gasteiger partial charge in [-0.05, 0) is 33.0 Å². The smallest absolute Gasteiger partial charge is 0.238 e. The van der Waals surface area contributed by atoms with Crippen molar-refractivity contribution < 1.29 is 9.53 Å². The minimum Gasteiger partial charge on any atom is -0.492 e. The quantitative estimate of drug-likeness (QED) is 0.812. The number of hydrogen-bond acceptors (Lipinski definition) is 4. The molecule has 1 heterocycles. The van der Waals surface area contributed by atoms with Crippen LogP contribution in [-0.4, -0.2) is 40.8 Å². The molecule has 1 amide bonds. The van der Waals surface area contributed by atoms with Gasteiger partial charge < -0.3 is 10.1 Å². The standard InChI is InChI=1S/C17H24N4O2/c1-4-21-12-14(10-18-21)11-20(3)13-17(22)19-15-8-6-7-9-16(15)23-5-2/h6-10,12H,4-5,11,13H2,1-3H3,(H,19,22). The van der Waals surface area contributed by atoms with Crippen LogP contribution in [-0.2, 0) is 17.9 Å². The summed E-state index contributed by atoms with van der Waals surface area (Å²) in [5, 5.41) is 7.14. The van der Waals surface area contributed by atoms with Crippen LogP contribution in [0.3, 0.4) is 0 Å². The summed E-state index contributed by atoms with van der Waals surface area (Å²) in [6.45, 7) is 6.36. The van der Waals surface area contributed by atoms with E-state index in [2.05, 4.69) is 10.4 Å². The molecule has 0 spiro atoms. The topological polar surface area (TPSA) is 59.4 Å². The number of carbonyl (C=O) groups excluding carboxylic acids is 1. The van der Waals surface area contributed by atoms with Gasteiger partial charge in [0.1, 0.15) is 5.75 Å². The molecule has 23 heavy (non-hydrogen) atoms. The highest BCUT2D eigenvalue weighted by Gasteiger charge is 2.11. The molecular weight excluding hydrogens is 292 g/mol. The molecule has 1 aromatic carbocycles. The number of rotatable bonds is 8. The highest BCUT2D eigenvalue weighted by atomic mass is 16.5. The first kappa shape index (κ1) is 17.0. The van der Waals surface area contributed by atoms with Crippen molar-refractivity contribution in [2.45, 2.75) is 26.9 Å². The maximum absolute atomic E-state index is 12.2. The Hall–Kier alpha value is -2.34. The lowest BCUT2D eigenvalue weighted by molar-refractivity contribution is -0.117. The van der Waals surface area contributed by atoms with Gasteiger partial charge in [-0.25, -0.2) is 0 Å². The second kappa shape index (κ2) is 8.33. The van der Waals surface area contributed by atoms with Gasteiger partial charge in [-0.1, -0.05) is 12.1 Å². The Morgan fingerprint density at radius 1 is 1.35 bits per heavy atom. The molecule has 0 aliphatic rings. The Morgan fingerprint density at radius 3 is 2.83 bits per heavy atom. The molecule has 1 N–H and O–H groups in total. The minimum atomic E-state index is -0.0671. The number of aryl methyl sites for hydroxylation is 1. The molecule has 0 unspecified atom stereocenters. The predicted octanol–water partition coefficient (Wildman–Crippen LogP) is 2.37. The lowest BCUT2D eigenvalue weighted by atomic mass is 10.3. The number of hydrogen-bond donors (Lipinski definition) is 1. The fourth-order valence-electron chi connectivity index (χ4n) is 2.31. The summed E-state index contributed by atoms with van der Waals surface area (Å²) < 4.78 is 7.39. The van der Waals surface area contributed by atoms with Crippen LogP contribution < -0.4 is 10.1 Å². The number of anilines is 1. The fourth-order valence-corrected chi connectivity index (χ4v) is 2.31.